The van der Waals surface area contributed by atoms with Crippen LogP contribution in [0.2, 0.25) is 0 Å². The van der Waals surface area contributed by atoms with Crippen molar-refractivity contribution in [3.05, 3.63) is 0 Å². The fraction of sp³-hybridized carbons (Fsp3) is 0.933. The maximum absolute atomic E-state index is 11.7. The molecule has 0 aromatic carbocycles. The Morgan fingerprint density at radius 2 is 1.48 bits per heavy atom. The van der Waals surface area contributed by atoms with Crippen molar-refractivity contribution in [2.45, 2.75) is 83.3 Å². The van der Waals surface area contributed by atoms with Gasteiger partial charge in [0.25, 0.3) is 0 Å². The van der Waals surface area contributed by atoms with Crippen molar-refractivity contribution in [1.82, 2.24) is 0 Å². The number of aliphatic hydroxyl groups excluding tert-OH is 2. The van der Waals surface area contributed by atoms with Crippen LogP contribution in [0, 0.1) is 0 Å². The fourth-order valence-corrected chi connectivity index (χ4v) is 2.89. The van der Waals surface area contributed by atoms with Crippen molar-refractivity contribution in [2.75, 3.05) is 6.61 Å². The Hall–Kier alpha value is 0.360. The summed E-state index contributed by atoms with van der Waals surface area (Å²) in [6, 6.07) is 0. The number of aliphatic hydroxyl groups is 2. The van der Waals surface area contributed by atoms with E-state index in [1.807, 2.05) is 0 Å². The van der Waals surface area contributed by atoms with Crippen LogP contribution < -0.4 is 0 Å². The average Bonchev–Trinajstić information content (AvgIpc) is 2.49. The molecule has 2 unspecified atom stereocenters. The van der Waals surface area contributed by atoms with Crippen LogP contribution in [0.25, 0.3) is 0 Å². The van der Waals surface area contributed by atoms with Gasteiger partial charge in [-0.1, -0.05) is 58.3 Å². The van der Waals surface area contributed by atoms with Gasteiger partial charge in [-0.2, -0.15) is 0 Å². The molecule has 0 rings (SSSR count). The minimum Gasteiger partial charge on any atom is -0.388 e. The summed E-state index contributed by atoms with van der Waals surface area (Å²) in [4.78, 5) is 11.7. The zero-order chi connectivity index (χ0) is 17.7. The third kappa shape index (κ3) is 14.4. The molecule has 0 aromatic rings. The molecule has 0 fully saturated rings. The van der Waals surface area contributed by atoms with E-state index < -0.39 is 30.7 Å². The van der Waals surface area contributed by atoms with Crippen LogP contribution in [0.4, 0.5) is 0 Å². The molecule has 0 saturated carbocycles. The molecule has 2 N–H and O–H groups in total. The molecule has 0 heterocycles. The molecular formula is C15H29Cl2O5P. The second kappa shape index (κ2) is 13.6. The Morgan fingerprint density at radius 1 is 1.00 bits per heavy atom. The fourth-order valence-electron chi connectivity index (χ4n) is 2.23. The molecule has 0 saturated heterocycles. The average molecular weight is 391 g/mol. The van der Waals surface area contributed by atoms with Crippen molar-refractivity contribution in [1.29, 1.82) is 0 Å². The molecule has 0 aliphatic rings. The van der Waals surface area contributed by atoms with Gasteiger partial charge in [0.15, 0.2) is 5.78 Å². The molecular weight excluding hydrogens is 362 g/mol. The molecule has 0 aromatic heterocycles. The maximum Gasteiger partial charge on any atom is 0.380 e. The Balaban J connectivity index is 3.66. The highest BCUT2D eigenvalue weighted by Gasteiger charge is 2.26. The molecule has 0 spiro atoms. The maximum atomic E-state index is 11.7. The van der Waals surface area contributed by atoms with Crippen molar-refractivity contribution >= 4 is 34.3 Å². The topological polar surface area (TPSA) is 83.8 Å². The number of rotatable bonds is 15. The smallest absolute Gasteiger partial charge is 0.380 e. The number of unbranched alkanes of at least 4 members (excludes halogenated alkanes) is 8. The normalized spacial score (nSPS) is 14.7. The standard InChI is InChI=1S/C15H29Cl2O5P/c1-2-3-4-5-6-7-8-9-10-11-13(18)15(20)14(19)12-22-23(16,17)21/h14-15,19-20H,2-12H2,1H3. The number of Topliss-reactive ketones (excluding diaryl/α,β-unsaturated/α-hetero) is 1. The molecule has 2 atom stereocenters. The first-order chi connectivity index (χ1) is 10.8. The summed E-state index contributed by atoms with van der Waals surface area (Å²) in [7, 11) is 0. The van der Waals surface area contributed by atoms with Crippen LogP contribution in [0.15, 0.2) is 0 Å². The minimum atomic E-state index is -3.77. The van der Waals surface area contributed by atoms with E-state index in [0.29, 0.717) is 6.42 Å². The van der Waals surface area contributed by atoms with Crippen LogP contribution in [0.5, 0.6) is 0 Å². The van der Waals surface area contributed by atoms with Crippen LogP contribution >= 0.6 is 28.6 Å². The lowest BCUT2D eigenvalue weighted by Crippen LogP contribution is -2.36. The van der Waals surface area contributed by atoms with Gasteiger partial charge in [-0.3, -0.25) is 9.36 Å². The van der Waals surface area contributed by atoms with E-state index in [9.17, 15) is 19.6 Å². The summed E-state index contributed by atoms with van der Waals surface area (Å²) in [5, 5.41) is 19.2. The van der Waals surface area contributed by atoms with Gasteiger partial charge in [-0.25, -0.2) is 0 Å². The first-order valence-electron chi connectivity index (χ1n) is 8.30. The number of carbonyl (C=O) groups is 1. The number of carbonyl (C=O) groups excluding carboxylic acids is 1. The number of hydrogen-bond acceptors (Lipinski definition) is 5. The van der Waals surface area contributed by atoms with Crippen LogP contribution in [0.1, 0.15) is 71.1 Å². The Kier molecular flexibility index (Phi) is 13.8. The molecule has 0 bridgehead atoms. The molecule has 138 valence electrons. The van der Waals surface area contributed by atoms with E-state index in [2.05, 4.69) is 11.4 Å². The largest absolute Gasteiger partial charge is 0.388 e. The predicted molar refractivity (Wildman–Crippen MR) is 94.1 cm³/mol. The molecule has 8 heteroatoms. The number of hydrogen-bond donors (Lipinski definition) is 2. The first-order valence-corrected chi connectivity index (χ1v) is 11.7. The summed E-state index contributed by atoms with van der Waals surface area (Å²) in [6.45, 7) is 1.65. The van der Waals surface area contributed by atoms with E-state index in [-0.39, 0.29) is 6.42 Å². The van der Waals surface area contributed by atoms with E-state index >= 15 is 0 Å². The quantitative estimate of drug-likeness (QED) is 0.309. The summed E-state index contributed by atoms with van der Waals surface area (Å²) in [5.41, 5.74) is 0. The zero-order valence-corrected chi connectivity index (χ0v) is 16.2. The third-order valence-corrected chi connectivity index (χ3v) is 4.65. The van der Waals surface area contributed by atoms with Crippen LogP contribution in [0.3, 0.4) is 0 Å². The van der Waals surface area contributed by atoms with E-state index in [0.717, 1.165) is 19.3 Å². The predicted octanol–water partition coefficient (Wildman–Crippen LogP) is 4.80. The monoisotopic (exact) mass is 390 g/mol. The van der Waals surface area contributed by atoms with Gasteiger partial charge in [0.2, 0.25) is 0 Å². The van der Waals surface area contributed by atoms with Gasteiger partial charge >= 0.3 is 6.07 Å². The Morgan fingerprint density at radius 3 is 1.96 bits per heavy atom. The summed E-state index contributed by atoms with van der Waals surface area (Å²) >= 11 is 10.3. The van der Waals surface area contributed by atoms with E-state index in [1.165, 1.54) is 32.1 Å². The van der Waals surface area contributed by atoms with Gasteiger partial charge < -0.3 is 14.7 Å². The Bertz CT molecular complexity index is 362. The second-order valence-electron chi connectivity index (χ2n) is 5.77. The molecule has 5 nitrogen and oxygen atoms in total. The summed E-state index contributed by atoms with van der Waals surface area (Å²) in [5.74, 6) is -0.456. The third-order valence-electron chi connectivity index (χ3n) is 3.62. The highest BCUT2D eigenvalue weighted by Crippen LogP contribution is 2.57. The molecule has 23 heavy (non-hydrogen) atoms. The van der Waals surface area contributed by atoms with Gasteiger partial charge in [-0.15, -0.1) is 0 Å². The van der Waals surface area contributed by atoms with Gasteiger partial charge in [0.1, 0.15) is 12.2 Å². The number of halogens is 2. The van der Waals surface area contributed by atoms with Crippen molar-refractivity contribution in [3.8, 4) is 0 Å². The van der Waals surface area contributed by atoms with E-state index in [1.54, 1.807) is 0 Å². The molecule has 0 aliphatic heterocycles. The van der Waals surface area contributed by atoms with Crippen molar-refractivity contribution in [2.24, 2.45) is 0 Å². The lowest BCUT2D eigenvalue weighted by atomic mass is 10.0. The van der Waals surface area contributed by atoms with Crippen molar-refractivity contribution in [3.63, 3.8) is 0 Å². The highest BCUT2D eigenvalue weighted by atomic mass is 35.9. The second-order valence-corrected chi connectivity index (χ2v) is 10.0. The van der Waals surface area contributed by atoms with Gasteiger partial charge in [0.05, 0.1) is 6.61 Å². The Labute approximate surface area is 148 Å². The minimum absolute atomic E-state index is 0.202. The number of ketones is 1. The van der Waals surface area contributed by atoms with Crippen LogP contribution in [-0.4, -0.2) is 34.8 Å². The highest BCUT2D eigenvalue weighted by molar-refractivity contribution is 8.05. The summed E-state index contributed by atoms with van der Waals surface area (Å²) in [6.07, 6.45) is 3.55. The zero-order valence-electron chi connectivity index (χ0n) is 13.8. The van der Waals surface area contributed by atoms with Gasteiger partial charge in [-0.05, 0) is 28.9 Å². The lowest BCUT2D eigenvalue weighted by Gasteiger charge is -2.16. The first kappa shape index (κ1) is 23.4. The lowest BCUT2D eigenvalue weighted by molar-refractivity contribution is -0.134. The van der Waals surface area contributed by atoms with E-state index in [4.69, 9.17) is 22.5 Å². The molecule has 0 radical (unpaired) electrons. The van der Waals surface area contributed by atoms with Gasteiger partial charge in [0, 0.05) is 6.42 Å². The summed E-state index contributed by atoms with van der Waals surface area (Å²) < 4.78 is 15.4. The SMILES string of the molecule is CCCCCCCCCCCC(=O)C(O)C(O)COP(=O)(Cl)Cl. The van der Waals surface area contributed by atoms with Crippen molar-refractivity contribution < 1.29 is 24.1 Å². The van der Waals surface area contributed by atoms with Crippen LogP contribution in [-0.2, 0) is 13.9 Å². The molecule has 0 amide bonds. The molecule has 0 aliphatic carbocycles.